The minimum absolute atomic E-state index is 0.264. The third kappa shape index (κ3) is 1.07. The molecule has 0 fully saturated rings. The van der Waals surface area contributed by atoms with Crippen LogP contribution in [0.5, 0.6) is 0 Å². The van der Waals surface area contributed by atoms with Crippen LogP contribution in [-0.2, 0) is 0 Å². The highest BCUT2D eigenvalue weighted by Crippen LogP contribution is 1.67. The molecule has 0 amide bonds. The van der Waals surface area contributed by atoms with Gasteiger partial charge in [0.05, 0.1) is 6.20 Å². The van der Waals surface area contributed by atoms with Crippen LogP contribution in [-0.4, -0.2) is 17.1 Å². The maximum atomic E-state index is 10.6. The molecule has 0 aliphatic rings. The van der Waals surface area contributed by atoms with Crippen molar-refractivity contribution in [3.63, 3.8) is 0 Å². The van der Waals surface area contributed by atoms with Gasteiger partial charge in [0.1, 0.15) is 7.11 Å². The SMILES string of the molecule is COn1ncccc1=O. The van der Waals surface area contributed by atoms with E-state index in [9.17, 15) is 4.79 Å². The van der Waals surface area contributed by atoms with Crippen molar-refractivity contribution in [2.45, 2.75) is 0 Å². The monoisotopic (exact) mass is 126 g/mol. The summed E-state index contributed by atoms with van der Waals surface area (Å²) in [6.07, 6.45) is 1.48. The average Bonchev–Trinajstić information content (AvgIpc) is 1.89. The smallest absolute Gasteiger partial charge is 0.303 e. The van der Waals surface area contributed by atoms with Gasteiger partial charge in [-0.25, -0.2) is 0 Å². The van der Waals surface area contributed by atoms with Crippen molar-refractivity contribution in [1.29, 1.82) is 0 Å². The zero-order valence-corrected chi connectivity index (χ0v) is 4.94. The molecule has 1 heterocycles. The van der Waals surface area contributed by atoms with E-state index < -0.39 is 0 Å². The molecule has 4 nitrogen and oxygen atoms in total. The summed E-state index contributed by atoms with van der Waals surface area (Å²) in [6, 6.07) is 2.92. The molecule has 1 rings (SSSR count). The second-order valence-electron chi connectivity index (χ2n) is 1.42. The van der Waals surface area contributed by atoms with Gasteiger partial charge in [-0.3, -0.25) is 4.79 Å². The van der Waals surface area contributed by atoms with E-state index in [0.717, 1.165) is 4.85 Å². The summed E-state index contributed by atoms with van der Waals surface area (Å²) in [5.41, 5.74) is -0.264. The van der Waals surface area contributed by atoms with Crippen molar-refractivity contribution < 1.29 is 4.84 Å². The maximum Gasteiger partial charge on any atom is 0.303 e. The quantitative estimate of drug-likeness (QED) is 0.500. The Labute approximate surface area is 51.6 Å². The van der Waals surface area contributed by atoms with Gasteiger partial charge in [0, 0.05) is 6.07 Å². The molecule has 0 bridgehead atoms. The van der Waals surface area contributed by atoms with Crippen LogP contribution >= 0.6 is 0 Å². The first-order valence-electron chi connectivity index (χ1n) is 2.43. The van der Waals surface area contributed by atoms with Crippen LogP contribution in [0.1, 0.15) is 0 Å². The molecule has 0 atom stereocenters. The molecule has 0 saturated heterocycles. The Morgan fingerprint density at radius 1 is 1.78 bits per heavy atom. The summed E-state index contributed by atoms with van der Waals surface area (Å²) in [7, 11) is 1.38. The topological polar surface area (TPSA) is 44.1 Å². The zero-order valence-electron chi connectivity index (χ0n) is 4.94. The van der Waals surface area contributed by atoms with Crippen molar-refractivity contribution in [3.8, 4) is 0 Å². The van der Waals surface area contributed by atoms with Crippen LogP contribution in [0.4, 0.5) is 0 Å². The fourth-order valence-corrected chi connectivity index (χ4v) is 0.482. The van der Waals surface area contributed by atoms with Crippen molar-refractivity contribution >= 4 is 0 Å². The number of rotatable bonds is 1. The molecule has 0 aliphatic carbocycles. The fourth-order valence-electron chi connectivity index (χ4n) is 0.482. The molecule has 0 aliphatic heterocycles. The summed E-state index contributed by atoms with van der Waals surface area (Å²) in [5.74, 6) is 0. The predicted octanol–water partition coefficient (Wildman–Crippen LogP) is -0.698. The van der Waals surface area contributed by atoms with Crippen molar-refractivity contribution in [3.05, 3.63) is 28.7 Å². The Morgan fingerprint density at radius 3 is 3.00 bits per heavy atom. The zero-order chi connectivity index (χ0) is 6.69. The van der Waals surface area contributed by atoms with Gasteiger partial charge in [-0.1, -0.05) is 4.85 Å². The van der Waals surface area contributed by atoms with Gasteiger partial charge in [-0.15, -0.1) is 5.10 Å². The Bertz CT molecular complexity index is 243. The van der Waals surface area contributed by atoms with Crippen LogP contribution in [0, 0.1) is 0 Å². The van der Waals surface area contributed by atoms with Gasteiger partial charge in [-0.2, -0.15) is 0 Å². The largest absolute Gasteiger partial charge is 0.397 e. The fraction of sp³-hybridized carbons (Fsp3) is 0.200. The van der Waals surface area contributed by atoms with E-state index in [1.54, 1.807) is 6.07 Å². The van der Waals surface area contributed by atoms with Crippen LogP contribution < -0.4 is 10.4 Å². The first-order valence-corrected chi connectivity index (χ1v) is 2.43. The summed E-state index contributed by atoms with van der Waals surface area (Å²) in [6.45, 7) is 0. The molecule has 0 N–H and O–H groups in total. The molecule has 1 aromatic heterocycles. The molecule has 0 radical (unpaired) electrons. The number of hydrogen-bond donors (Lipinski definition) is 0. The molecule has 4 heteroatoms. The highest BCUT2D eigenvalue weighted by molar-refractivity contribution is 4.82. The molecule has 0 aromatic carbocycles. The minimum atomic E-state index is -0.264. The van der Waals surface area contributed by atoms with Crippen molar-refractivity contribution in [2.24, 2.45) is 0 Å². The molecule has 48 valence electrons. The van der Waals surface area contributed by atoms with E-state index in [4.69, 9.17) is 0 Å². The second-order valence-corrected chi connectivity index (χ2v) is 1.42. The molecule has 0 unspecified atom stereocenters. The standard InChI is InChI=1S/C5H6N2O2/c1-9-7-5(8)3-2-4-6-7/h2-4H,1H3. The lowest BCUT2D eigenvalue weighted by Crippen LogP contribution is -2.25. The predicted molar refractivity (Wildman–Crippen MR) is 31.0 cm³/mol. The van der Waals surface area contributed by atoms with Crippen molar-refractivity contribution in [2.75, 3.05) is 7.11 Å². The normalized spacial score (nSPS) is 9.00. The lowest BCUT2D eigenvalue weighted by Gasteiger charge is -1.96. The van der Waals surface area contributed by atoms with E-state index >= 15 is 0 Å². The van der Waals surface area contributed by atoms with E-state index in [1.807, 2.05) is 0 Å². The first-order chi connectivity index (χ1) is 4.34. The maximum absolute atomic E-state index is 10.6. The van der Waals surface area contributed by atoms with Crippen LogP contribution in [0.15, 0.2) is 23.1 Å². The molecule has 0 saturated carbocycles. The number of nitrogens with zero attached hydrogens (tertiary/aromatic N) is 2. The van der Waals surface area contributed by atoms with Gasteiger partial charge in [-0.05, 0) is 6.07 Å². The number of aromatic nitrogens is 2. The van der Waals surface area contributed by atoms with Gasteiger partial charge >= 0.3 is 5.56 Å². The average molecular weight is 126 g/mol. The Kier molecular flexibility index (Phi) is 1.48. The van der Waals surface area contributed by atoms with E-state index in [1.165, 1.54) is 19.4 Å². The first kappa shape index (κ1) is 5.81. The third-order valence-electron chi connectivity index (χ3n) is 0.858. The summed E-state index contributed by atoms with van der Waals surface area (Å²) in [5, 5.41) is 3.58. The Morgan fingerprint density at radius 2 is 2.56 bits per heavy atom. The van der Waals surface area contributed by atoms with E-state index in [2.05, 4.69) is 9.94 Å². The van der Waals surface area contributed by atoms with Crippen LogP contribution in [0.2, 0.25) is 0 Å². The van der Waals surface area contributed by atoms with Crippen molar-refractivity contribution in [1.82, 2.24) is 9.94 Å². The van der Waals surface area contributed by atoms with Gasteiger partial charge < -0.3 is 4.84 Å². The second kappa shape index (κ2) is 2.30. The lowest BCUT2D eigenvalue weighted by atomic mass is 10.6. The van der Waals surface area contributed by atoms with Gasteiger partial charge in [0.15, 0.2) is 0 Å². The molecule has 0 spiro atoms. The molecule has 1 aromatic rings. The van der Waals surface area contributed by atoms with Crippen LogP contribution in [0.3, 0.4) is 0 Å². The summed E-state index contributed by atoms with van der Waals surface area (Å²) < 4.78 is 0. The Balaban J connectivity index is 3.16. The Hall–Kier alpha value is -1.32. The highest BCUT2D eigenvalue weighted by Gasteiger charge is 1.87. The molecular formula is C5H6N2O2. The van der Waals surface area contributed by atoms with E-state index in [-0.39, 0.29) is 5.56 Å². The van der Waals surface area contributed by atoms with Gasteiger partial charge in [0.2, 0.25) is 0 Å². The van der Waals surface area contributed by atoms with Gasteiger partial charge in [0.25, 0.3) is 0 Å². The summed E-state index contributed by atoms with van der Waals surface area (Å²) in [4.78, 5) is 16.1. The third-order valence-corrected chi connectivity index (χ3v) is 0.858. The van der Waals surface area contributed by atoms with E-state index in [0.29, 0.717) is 0 Å². The number of hydrogen-bond acceptors (Lipinski definition) is 3. The lowest BCUT2D eigenvalue weighted by molar-refractivity contribution is 0.121. The molecule has 9 heavy (non-hydrogen) atoms. The molecular weight excluding hydrogens is 120 g/mol. The van der Waals surface area contributed by atoms with Crippen LogP contribution in [0.25, 0.3) is 0 Å². The minimum Gasteiger partial charge on any atom is -0.397 e. The summed E-state index contributed by atoms with van der Waals surface area (Å²) >= 11 is 0. The highest BCUT2D eigenvalue weighted by atomic mass is 16.7.